The minimum absolute atomic E-state index is 0.00767. The van der Waals surface area contributed by atoms with E-state index in [2.05, 4.69) is 0 Å². The van der Waals surface area contributed by atoms with Crippen LogP contribution in [-0.4, -0.2) is 85.9 Å². The molecule has 2 aliphatic rings. The topological polar surface area (TPSA) is 183 Å². The van der Waals surface area contributed by atoms with Gasteiger partial charge >= 0.3 is 5.97 Å². The van der Waals surface area contributed by atoms with Gasteiger partial charge in [-0.2, -0.15) is 0 Å². The fourth-order valence-electron chi connectivity index (χ4n) is 7.10. The van der Waals surface area contributed by atoms with Gasteiger partial charge in [0.2, 0.25) is 0 Å². The number of methoxy groups -OCH3 is 4. The number of hydrogen-bond acceptors (Lipinski definition) is 13. The molecule has 0 aromatic heterocycles. The molecule has 0 bridgehead atoms. The predicted molar refractivity (Wildman–Crippen MR) is 190 cm³/mol. The van der Waals surface area contributed by atoms with Crippen LogP contribution in [0.2, 0.25) is 0 Å². The van der Waals surface area contributed by atoms with Gasteiger partial charge in [-0.1, -0.05) is 24.3 Å². The number of aliphatic hydroxyl groups is 3. The molecule has 13 heteroatoms. The summed E-state index contributed by atoms with van der Waals surface area (Å²) in [6.07, 6.45) is -2.03. The van der Waals surface area contributed by atoms with Crippen LogP contribution in [0.4, 0.5) is 0 Å². The Labute approximate surface area is 306 Å². The second-order valence-electron chi connectivity index (χ2n) is 13.1. The number of carbonyl (C=O) groups excluding carboxylic acids is 1. The smallest absolute Gasteiger partial charge is 0.309 e. The molecular formula is C40H44O13. The van der Waals surface area contributed by atoms with Crippen molar-refractivity contribution in [2.45, 2.75) is 37.1 Å². The lowest BCUT2D eigenvalue weighted by Crippen LogP contribution is -2.29. The number of esters is 1. The Kier molecular flexibility index (Phi) is 11.4. The van der Waals surface area contributed by atoms with Gasteiger partial charge in [0.05, 0.1) is 60.1 Å². The zero-order chi connectivity index (χ0) is 37.8. The summed E-state index contributed by atoms with van der Waals surface area (Å²) in [5.41, 5.74) is 3.52. The summed E-state index contributed by atoms with van der Waals surface area (Å²) in [4.78, 5) is 13.1. The van der Waals surface area contributed by atoms with Gasteiger partial charge in [-0.05, 0) is 77.6 Å². The van der Waals surface area contributed by atoms with Crippen LogP contribution in [0.5, 0.6) is 46.0 Å². The van der Waals surface area contributed by atoms with Crippen LogP contribution in [0.3, 0.4) is 0 Å². The number of benzene rings is 4. The Balaban J connectivity index is 1.19. The quantitative estimate of drug-likeness (QED) is 0.109. The third-order valence-corrected chi connectivity index (χ3v) is 9.95. The summed E-state index contributed by atoms with van der Waals surface area (Å²) < 4.78 is 39.7. The average Bonchev–Trinajstić information content (AvgIpc) is 3.72. The molecule has 6 rings (SSSR count). The van der Waals surface area contributed by atoms with Crippen molar-refractivity contribution in [3.63, 3.8) is 0 Å². The van der Waals surface area contributed by atoms with Crippen molar-refractivity contribution in [2.75, 3.05) is 48.3 Å². The third-order valence-electron chi connectivity index (χ3n) is 9.95. The van der Waals surface area contributed by atoms with Gasteiger partial charge in [-0.25, -0.2) is 0 Å². The van der Waals surface area contributed by atoms with Crippen LogP contribution in [0.15, 0.2) is 66.7 Å². The molecule has 53 heavy (non-hydrogen) atoms. The van der Waals surface area contributed by atoms with E-state index in [0.29, 0.717) is 47.0 Å². The Morgan fingerprint density at radius 1 is 0.736 bits per heavy atom. The zero-order valence-corrected chi connectivity index (χ0v) is 29.9. The van der Waals surface area contributed by atoms with E-state index >= 15 is 0 Å². The van der Waals surface area contributed by atoms with E-state index in [9.17, 15) is 30.3 Å². The predicted octanol–water partition coefficient (Wildman–Crippen LogP) is 4.39. The van der Waals surface area contributed by atoms with E-state index in [4.69, 9.17) is 33.2 Å². The molecule has 4 aromatic rings. The molecule has 6 atom stereocenters. The summed E-state index contributed by atoms with van der Waals surface area (Å²) in [6, 6.07) is 18.4. The van der Waals surface area contributed by atoms with Crippen LogP contribution in [0.1, 0.15) is 45.9 Å². The lowest BCUT2D eigenvalue weighted by atomic mass is 9.83. The molecule has 2 aliphatic heterocycles. The molecule has 4 aromatic carbocycles. The second kappa shape index (κ2) is 16.1. The first-order valence-corrected chi connectivity index (χ1v) is 17.1. The van der Waals surface area contributed by atoms with Crippen molar-refractivity contribution < 1.29 is 63.5 Å². The molecule has 0 radical (unpaired) electrons. The van der Waals surface area contributed by atoms with E-state index in [1.807, 2.05) is 18.2 Å². The molecule has 0 amide bonds. The maximum absolute atomic E-state index is 13.1. The lowest BCUT2D eigenvalue weighted by Gasteiger charge is -2.24. The third kappa shape index (κ3) is 7.59. The molecule has 13 nitrogen and oxygen atoms in total. The SMILES string of the molecule is COc1cc(C(O)C(CO)Oc2ccc(C[C@H]3COC(=O)[C@@H]3Cc3cc(OC)c4c(c3)[C@H](CO)[C@@H](c3ccc(O)c(OC)c3)O4)cc2OC)ccc1O. The first-order valence-electron chi connectivity index (χ1n) is 17.1. The van der Waals surface area contributed by atoms with Crippen molar-refractivity contribution in [1.29, 1.82) is 0 Å². The van der Waals surface area contributed by atoms with Crippen LogP contribution >= 0.6 is 0 Å². The summed E-state index contributed by atoms with van der Waals surface area (Å²) in [7, 11) is 5.88. The highest BCUT2D eigenvalue weighted by atomic mass is 16.5. The number of phenols is 2. The standard InChI is InChI=1S/C40H44O13/c1-47-32-16-23(6-8-29(32)43)37(45)36(19-42)52-31-10-5-21(14-34(31)49-3)11-25-20-51-40(46)26(25)12-22-13-27-28(18-41)38(53-39(27)35(15-22)50-4)24-7-9-30(44)33(17-24)48-2/h5-10,13-17,25-26,28,36-38,41-45H,11-12,18-20H2,1-4H3/t25-,26+,28-,36?,37?,38+/m0/s1. The van der Waals surface area contributed by atoms with Crippen LogP contribution < -0.4 is 28.4 Å². The number of ether oxygens (including phenoxy) is 7. The molecule has 5 N–H and O–H groups in total. The van der Waals surface area contributed by atoms with E-state index in [1.165, 1.54) is 52.7 Å². The number of hydrogen-bond donors (Lipinski definition) is 5. The Bertz CT molecular complexity index is 1930. The maximum atomic E-state index is 13.1. The minimum atomic E-state index is -1.25. The molecular weight excluding hydrogens is 688 g/mol. The molecule has 2 unspecified atom stereocenters. The molecule has 1 saturated heterocycles. The summed E-state index contributed by atoms with van der Waals surface area (Å²) in [6.45, 7) is -0.496. The number of fused-ring (bicyclic) bond motifs is 1. The molecule has 2 heterocycles. The average molecular weight is 733 g/mol. The highest BCUT2D eigenvalue weighted by Gasteiger charge is 2.40. The first-order chi connectivity index (χ1) is 25.6. The zero-order valence-electron chi connectivity index (χ0n) is 29.9. The Hall–Kier alpha value is -5.37. The van der Waals surface area contributed by atoms with Crippen LogP contribution in [-0.2, 0) is 22.4 Å². The van der Waals surface area contributed by atoms with E-state index in [0.717, 1.165) is 16.7 Å². The molecule has 1 fully saturated rings. The largest absolute Gasteiger partial charge is 0.504 e. The number of rotatable bonds is 15. The fraction of sp³-hybridized carbons (Fsp3) is 0.375. The fourth-order valence-corrected chi connectivity index (χ4v) is 7.10. The first kappa shape index (κ1) is 37.4. The van der Waals surface area contributed by atoms with Gasteiger partial charge < -0.3 is 58.7 Å². The molecule has 0 spiro atoms. The van der Waals surface area contributed by atoms with Gasteiger partial charge in [-0.3, -0.25) is 4.79 Å². The van der Waals surface area contributed by atoms with Gasteiger partial charge in [0.25, 0.3) is 0 Å². The van der Waals surface area contributed by atoms with Crippen LogP contribution in [0.25, 0.3) is 0 Å². The number of carbonyl (C=O) groups is 1. The summed E-state index contributed by atoms with van der Waals surface area (Å²) in [5.74, 6) is 0.629. The normalized spacial score (nSPS) is 20.2. The Morgan fingerprint density at radius 3 is 2.09 bits per heavy atom. The van der Waals surface area contributed by atoms with Crippen LogP contribution in [0, 0.1) is 11.8 Å². The van der Waals surface area contributed by atoms with Gasteiger partial charge in [0, 0.05) is 11.5 Å². The number of phenolic OH excluding ortho intramolecular Hbond substituents is 2. The Morgan fingerprint density at radius 2 is 1.42 bits per heavy atom. The molecule has 0 aliphatic carbocycles. The molecule has 0 saturated carbocycles. The highest BCUT2D eigenvalue weighted by molar-refractivity contribution is 5.75. The van der Waals surface area contributed by atoms with Crippen molar-refractivity contribution >= 4 is 5.97 Å². The van der Waals surface area contributed by atoms with Crippen molar-refractivity contribution in [3.05, 3.63) is 94.5 Å². The van der Waals surface area contributed by atoms with Gasteiger partial charge in [0.15, 0.2) is 52.1 Å². The number of aromatic hydroxyl groups is 2. The van der Waals surface area contributed by atoms with Crippen molar-refractivity contribution in [2.24, 2.45) is 11.8 Å². The van der Waals surface area contributed by atoms with E-state index in [-0.39, 0.29) is 48.1 Å². The maximum Gasteiger partial charge on any atom is 0.309 e. The summed E-state index contributed by atoms with van der Waals surface area (Å²) >= 11 is 0. The van der Waals surface area contributed by atoms with Crippen molar-refractivity contribution in [1.82, 2.24) is 0 Å². The van der Waals surface area contributed by atoms with Gasteiger partial charge in [-0.15, -0.1) is 0 Å². The van der Waals surface area contributed by atoms with E-state index in [1.54, 1.807) is 24.3 Å². The highest BCUT2D eigenvalue weighted by Crippen LogP contribution is 2.52. The minimum Gasteiger partial charge on any atom is -0.504 e. The van der Waals surface area contributed by atoms with Crippen molar-refractivity contribution in [3.8, 4) is 46.0 Å². The van der Waals surface area contributed by atoms with Gasteiger partial charge in [0.1, 0.15) is 12.2 Å². The second-order valence-corrected chi connectivity index (χ2v) is 13.1. The van der Waals surface area contributed by atoms with E-state index < -0.39 is 36.8 Å². The lowest BCUT2D eigenvalue weighted by molar-refractivity contribution is -0.141. The monoisotopic (exact) mass is 732 g/mol. The number of aliphatic hydroxyl groups excluding tert-OH is 3. The molecule has 282 valence electrons. The summed E-state index contributed by atoms with van der Waals surface area (Å²) in [5, 5.41) is 51.6. The number of cyclic esters (lactones) is 1.